The van der Waals surface area contributed by atoms with Crippen LogP contribution in [0.25, 0.3) is 0 Å². The van der Waals surface area contributed by atoms with Crippen molar-refractivity contribution in [1.82, 2.24) is 4.90 Å². The van der Waals surface area contributed by atoms with Crippen LogP contribution in [0.2, 0.25) is 5.02 Å². The molecule has 1 unspecified atom stereocenters. The first kappa shape index (κ1) is 20.3. The third-order valence-corrected chi connectivity index (χ3v) is 5.76. The minimum absolute atomic E-state index is 0.0755. The van der Waals surface area contributed by atoms with Crippen LogP contribution in [-0.2, 0) is 14.8 Å². The zero-order valence-corrected chi connectivity index (χ0v) is 16.5. The number of anilines is 1. The number of piperidine rings is 1. The van der Waals surface area contributed by atoms with Crippen molar-refractivity contribution in [2.24, 2.45) is 11.1 Å². The SMILES string of the molecule is NS(=O)(=O)c1cccc(NC(=O)C2CCCN(C(=O)c3ccc(Cl)cc3)C2)c1. The number of likely N-dealkylation sites (tertiary alicyclic amines) is 1. The van der Waals surface area contributed by atoms with Crippen LogP contribution in [0.3, 0.4) is 0 Å². The maximum Gasteiger partial charge on any atom is 0.253 e. The van der Waals surface area contributed by atoms with Gasteiger partial charge < -0.3 is 10.2 Å². The summed E-state index contributed by atoms with van der Waals surface area (Å²) in [6, 6.07) is 12.4. The quantitative estimate of drug-likeness (QED) is 0.790. The molecule has 0 bridgehead atoms. The van der Waals surface area contributed by atoms with Gasteiger partial charge in [-0.25, -0.2) is 13.6 Å². The van der Waals surface area contributed by atoms with Crippen molar-refractivity contribution < 1.29 is 18.0 Å². The minimum Gasteiger partial charge on any atom is -0.338 e. The molecule has 0 aromatic heterocycles. The van der Waals surface area contributed by atoms with E-state index in [0.717, 1.165) is 0 Å². The number of nitrogens with two attached hydrogens (primary N) is 1. The second-order valence-corrected chi connectivity index (χ2v) is 8.66. The number of nitrogens with zero attached hydrogens (tertiary/aromatic N) is 1. The summed E-state index contributed by atoms with van der Waals surface area (Å²) in [5, 5.41) is 8.39. The Morgan fingerprint density at radius 2 is 1.86 bits per heavy atom. The van der Waals surface area contributed by atoms with Crippen LogP contribution in [0, 0.1) is 5.92 Å². The van der Waals surface area contributed by atoms with Gasteiger partial charge in [0.1, 0.15) is 0 Å². The minimum atomic E-state index is -3.85. The van der Waals surface area contributed by atoms with Gasteiger partial charge in [0.25, 0.3) is 5.91 Å². The lowest BCUT2D eigenvalue weighted by Gasteiger charge is -2.32. The highest BCUT2D eigenvalue weighted by Crippen LogP contribution is 2.22. The number of carbonyl (C=O) groups is 2. The van der Waals surface area contributed by atoms with E-state index in [1.165, 1.54) is 18.2 Å². The lowest BCUT2D eigenvalue weighted by molar-refractivity contribution is -0.121. The molecule has 1 heterocycles. The number of amides is 2. The highest BCUT2D eigenvalue weighted by molar-refractivity contribution is 7.89. The summed E-state index contributed by atoms with van der Waals surface area (Å²) < 4.78 is 22.9. The fourth-order valence-corrected chi connectivity index (χ4v) is 3.83. The smallest absolute Gasteiger partial charge is 0.253 e. The number of hydrogen-bond acceptors (Lipinski definition) is 4. The third-order valence-electron chi connectivity index (χ3n) is 4.60. The molecule has 0 aliphatic carbocycles. The van der Waals surface area contributed by atoms with Gasteiger partial charge in [0.05, 0.1) is 10.8 Å². The van der Waals surface area contributed by atoms with Gasteiger partial charge in [0, 0.05) is 29.4 Å². The Hall–Kier alpha value is -2.42. The predicted octanol–water partition coefficient (Wildman–Crippen LogP) is 2.48. The van der Waals surface area contributed by atoms with Crippen LogP contribution in [0.5, 0.6) is 0 Å². The number of halogens is 1. The summed E-state index contributed by atoms with van der Waals surface area (Å²) in [4.78, 5) is 26.9. The number of benzene rings is 2. The van der Waals surface area contributed by atoms with Crippen LogP contribution < -0.4 is 10.5 Å². The summed E-state index contributed by atoms with van der Waals surface area (Å²) in [5.41, 5.74) is 0.865. The van der Waals surface area contributed by atoms with E-state index < -0.39 is 10.0 Å². The zero-order valence-electron chi connectivity index (χ0n) is 15.0. The molecular weight excluding hydrogens is 402 g/mol. The summed E-state index contributed by atoms with van der Waals surface area (Å²) >= 11 is 5.86. The molecule has 2 amide bonds. The molecule has 2 aromatic carbocycles. The van der Waals surface area contributed by atoms with Crippen LogP contribution in [0.4, 0.5) is 5.69 Å². The Morgan fingerprint density at radius 3 is 2.54 bits per heavy atom. The summed E-state index contributed by atoms with van der Waals surface area (Å²) in [6.07, 6.45) is 1.35. The monoisotopic (exact) mass is 421 g/mol. The molecule has 0 spiro atoms. The topological polar surface area (TPSA) is 110 Å². The lowest BCUT2D eigenvalue weighted by atomic mass is 9.96. The molecule has 1 aliphatic rings. The van der Waals surface area contributed by atoms with Gasteiger partial charge in [-0.1, -0.05) is 17.7 Å². The van der Waals surface area contributed by atoms with Gasteiger partial charge >= 0.3 is 0 Å². The van der Waals surface area contributed by atoms with Crippen molar-refractivity contribution in [3.63, 3.8) is 0 Å². The fraction of sp³-hybridized carbons (Fsp3) is 0.263. The number of nitrogens with one attached hydrogen (secondary N) is 1. The normalized spacial score (nSPS) is 17.2. The summed E-state index contributed by atoms with van der Waals surface area (Å²) in [5.74, 6) is -0.797. The number of primary sulfonamides is 1. The maximum absolute atomic E-state index is 12.7. The Morgan fingerprint density at radius 1 is 1.14 bits per heavy atom. The molecular formula is C19H20ClN3O4S. The molecule has 1 saturated heterocycles. The first-order valence-corrected chi connectivity index (χ1v) is 10.6. The van der Waals surface area contributed by atoms with E-state index in [-0.39, 0.29) is 22.6 Å². The van der Waals surface area contributed by atoms with Crippen molar-refractivity contribution >= 4 is 39.1 Å². The molecule has 1 aliphatic heterocycles. The molecule has 28 heavy (non-hydrogen) atoms. The van der Waals surface area contributed by atoms with Crippen molar-refractivity contribution in [2.45, 2.75) is 17.7 Å². The molecule has 3 N–H and O–H groups in total. The molecule has 2 aromatic rings. The number of sulfonamides is 1. The molecule has 3 rings (SSSR count). The van der Waals surface area contributed by atoms with Gasteiger partial charge in [0.15, 0.2) is 0 Å². The van der Waals surface area contributed by atoms with Gasteiger partial charge in [0.2, 0.25) is 15.9 Å². The van der Waals surface area contributed by atoms with Crippen molar-refractivity contribution in [1.29, 1.82) is 0 Å². The average molecular weight is 422 g/mol. The molecule has 7 nitrogen and oxygen atoms in total. The van der Waals surface area contributed by atoms with Gasteiger partial charge in [-0.3, -0.25) is 9.59 Å². The van der Waals surface area contributed by atoms with Gasteiger partial charge in [-0.2, -0.15) is 0 Å². The summed E-state index contributed by atoms with van der Waals surface area (Å²) in [7, 11) is -3.85. The van der Waals surface area contributed by atoms with Crippen molar-refractivity contribution in [3.8, 4) is 0 Å². The summed E-state index contributed by atoms with van der Waals surface area (Å²) in [6.45, 7) is 0.869. The Labute approximate surface area is 168 Å². The number of hydrogen-bond donors (Lipinski definition) is 2. The molecule has 148 valence electrons. The van der Waals surface area contributed by atoms with Crippen LogP contribution in [0.15, 0.2) is 53.4 Å². The Bertz CT molecular complexity index is 992. The van der Waals surface area contributed by atoms with E-state index in [9.17, 15) is 18.0 Å². The van der Waals surface area contributed by atoms with E-state index in [0.29, 0.717) is 42.2 Å². The van der Waals surface area contributed by atoms with Crippen LogP contribution in [-0.4, -0.2) is 38.2 Å². The van der Waals surface area contributed by atoms with Gasteiger partial charge in [-0.15, -0.1) is 0 Å². The number of carbonyl (C=O) groups excluding carboxylic acids is 2. The molecule has 1 fully saturated rings. The second kappa shape index (κ2) is 8.30. The number of rotatable bonds is 4. The van der Waals surface area contributed by atoms with E-state index >= 15 is 0 Å². The van der Waals surface area contributed by atoms with E-state index in [4.69, 9.17) is 16.7 Å². The third kappa shape index (κ3) is 4.89. The highest BCUT2D eigenvalue weighted by Gasteiger charge is 2.29. The lowest BCUT2D eigenvalue weighted by Crippen LogP contribution is -2.43. The van der Waals surface area contributed by atoms with Crippen LogP contribution in [0.1, 0.15) is 23.2 Å². The van der Waals surface area contributed by atoms with E-state index in [2.05, 4.69) is 5.32 Å². The average Bonchev–Trinajstić information content (AvgIpc) is 2.67. The van der Waals surface area contributed by atoms with E-state index in [1.807, 2.05) is 0 Å². The Balaban J connectivity index is 1.68. The van der Waals surface area contributed by atoms with E-state index in [1.54, 1.807) is 35.2 Å². The molecule has 0 saturated carbocycles. The second-order valence-electron chi connectivity index (χ2n) is 6.66. The van der Waals surface area contributed by atoms with Gasteiger partial charge in [-0.05, 0) is 55.3 Å². The van der Waals surface area contributed by atoms with Crippen LogP contribution >= 0.6 is 11.6 Å². The fourth-order valence-electron chi connectivity index (χ4n) is 3.15. The maximum atomic E-state index is 12.7. The largest absolute Gasteiger partial charge is 0.338 e. The predicted molar refractivity (Wildman–Crippen MR) is 107 cm³/mol. The van der Waals surface area contributed by atoms with Crippen molar-refractivity contribution in [2.75, 3.05) is 18.4 Å². The Kier molecular flexibility index (Phi) is 6.02. The standard InChI is InChI=1S/C19H20ClN3O4S/c20-15-8-6-13(7-9-15)19(25)23-10-2-3-14(12-23)18(24)22-16-4-1-5-17(11-16)28(21,26)27/h1,4-9,11,14H,2-3,10,12H2,(H,22,24)(H2,21,26,27). The van der Waals surface area contributed by atoms with Crippen molar-refractivity contribution in [3.05, 3.63) is 59.1 Å². The highest BCUT2D eigenvalue weighted by atomic mass is 35.5. The first-order chi connectivity index (χ1) is 13.2. The first-order valence-electron chi connectivity index (χ1n) is 8.72. The zero-order chi connectivity index (χ0) is 20.3. The molecule has 9 heteroatoms. The molecule has 1 atom stereocenters. The molecule has 0 radical (unpaired) electrons.